The molecule has 49 heavy (non-hydrogen) atoms. The second-order valence-corrected chi connectivity index (χ2v) is 13.3. The molecule has 6 heteroatoms. The summed E-state index contributed by atoms with van der Waals surface area (Å²) in [5.41, 5.74) is 8.03. The molecular weight excluding hydrogens is 668 g/mol. The highest BCUT2D eigenvalue weighted by molar-refractivity contribution is 9.10. The molecule has 3 aromatic heterocycles. The van der Waals surface area contributed by atoms with Crippen molar-refractivity contribution in [2.45, 2.75) is 12.8 Å². The molecule has 0 radical (unpaired) electrons. The van der Waals surface area contributed by atoms with Crippen LogP contribution in [-0.4, -0.2) is 19.5 Å². The third-order valence-corrected chi connectivity index (χ3v) is 10.2. The van der Waals surface area contributed by atoms with Gasteiger partial charge in [0.05, 0.1) is 11.0 Å². The molecular formula is C43H27BrN4O. The Balaban J connectivity index is 1.26. The van der Waals surface area contributed by atoms with E-state index in [1.54, 1.807) is 0 Å². The first-order valence-corrected chi connectivity index (χ1v) is 17.2. The van der Waals surface area contributed by atoms with Gasteiger partial charge < -0.3 is 4.42 Å². The highest BCUT2D eigenvalue weighted by Crippen LogP contribution is 2.38. The second-order valence-electron chi connectivity index (χ2n) is 12.5. The number of nitrogens with zero attached hydrogens (tertiary/aromatic N) is 4. The summed E-state index contributed by atoms with van der Waals surface area (Å²) in [6, 6.07) is 44.0. The molecule has 0 spiro atoms. The summed E-state index contributed by atoms with van der Waals surface area (Å²) in [5, 5.41) is 7.10. The number of halogens is 1. The Morgan fingerprint density at radius 2 is 1.20 bits per heavy atom. The predicted molar refractivity (Wildman–Crippen MR) is 203 cm³/mol. The maximum Gasteiger partial charge on any atom is 0.238 e. The molecule has 0 atom stereocenters. The van der Waals surface area contributed by atoms with Gasteiger partial charge in [-0.25, -0.2) is 4.98 Å². The third kappa shape index (κ3) is 4.55. The van der Waals surface area contributed by atoms with Gasteiger partial charge in [0, 0.05) is 37.1 Å². The van der Waals surface area contributed by atoms with Crippen LogP contribution in [0.4, 0.5) is 0 Å². The second kappa shape index (κ2) is 11.1. The van der Waals surface area contributed by atoms with Crippen LogP contribution in [0.1, 0.15) is 12.8 Å². The molecule has 0 fully saturated rings. The number of hydrogen-bond donors (Lipinski definition) is 0. The van der Waals surface area contributed by atoms with Gasteiger partial charge in [-0.15, -0.1) is 0 Å². The minimum Gasteiger partial charge on any atom is -0.456 e. The number of fused-ring (bicyclic) bond motifs is 8. The number of benzene rings is 6. The zero-order valence-electron chi connectivity index (χ0n) is 26.3. The van der Waals surface area contributed by atoms with Crippen molar-refractivity contribution in [1.82, 2.24) is 19.5 Å². The van der Waals surface area contributed by atoms with Gasteiger partial charge in [-0.2, -0.15) is 9.97 Å². The van der Waals surface area contributed by atoms with Crippen LogP contribution in [0.5, 0.6) is 0 Å². The fourth-order valence-electron chi connectivity index (χ4n) is 7.27. The number of rotatable bonds is 4. The van der Waals surface area contributed by atoms with Crippen LogP contribution in [0.25, 0.3) is 95.7 Å². The lowest BCUT2D eigenvalue weighted by atomic mass is 9.99. The van der Waals surface area contributed by atoms with Crippen LogP contribution in [0, 0.1) is 0 Å². The molecule has 3 heterocycles. The van der Waals surface area contributed by atoms with Crippen LogP contribution < -0.4 is 10.4 Å². The van der Waals surface area contributed by atoms with Crippen molar-refractivity contribution in [1.29, 1.82) is 0 Å². The Morgan fingerprint density at radius 3 is 1.96 bits per heavy atom. The van der Waals surface area contributed by atoms with E-state index in [9.17, 15) is 0 Å². The van der Waals surface area contributed by atoms with E-state index in [0.29, 0.717) is 17.6 Å². The van der Waals surface area contributed by atoms with Gasteiger partial charge in [0.1, 0.15) is 11.2 Å². The van der Waals surface area contributed by atoms with Gasteiger partial charge in [-0.1, -0.05) is 113 Å². The van der Waals surface area contributed by atoms with E-state index in [1.807, 2.05) is 72.8 Å². The first kappa shape index (κ1) is 28.2. The van der Waals surface area contributed by atoms with Crippen LogP contribution in [0.2, 0.25) is 0 Å². The SMILES string of the molecule is Brc1cccc2oc3ccc(-c4ccc5c(c4)c4c6c(ccc4n5-c4nc(-c5ccccc5)nc(-c5ccccc5)n4)=CCCC=6)cc3c12. The molecule has 1 aliphatic rings. The van der Waals surface area contributed by atoms with Crippen LogP contribution in [-0.2, 0) is 0 Å². The molecule has 0 saturated carbocycles. The van der Waals surface area contributed by atoms with Gasteiger partial charge in [-0.05, 0) is 76.9 Å². The highest BCUT2D eigenvalue weighted by atomic mass is 79.9. The lowest BCUT2D eigenvalue weighted by Crippen LogP contribution is -2.27. The van der Waals surface area contributed by atoms with E-state index in [4.69, 9.17) is 19.4 Å². The smallest absolute Gasteiger partial charge is 0.238 e. The zero-order valence-corrected chi connectivity index (χ0v) is 27.9. The van der Waals surface area contributed by atoms with Gasteiger partial charge >= 0.3 is 0 Å². The molecule has 9 aromatic rings. The molecule has 0 N–H and O–H groups in total. The molecule has 1 aliphatic carbocycles. The predicted octanol–water partition coefficient (Wildman–Crippen LogP) is 9.99. The quantitative estimate of drug-likeness (QED) is 0.184. The van der Waals surface area contributed by atoms with E-state index in [0.717, 1.165) is 77.9 Å². The first-order valence-electron chi connectivity index (χ1n) is 16.5. The summed E-state index contributed by atoms with van der Waals surface area (Å²) in [4.78, 5) is 15.2. The Bertz CT molecular complexity index is 2830. The molecule has 10 rings (SSSR count). The molecule has 0 unspecified atom stereocenters. The fraction of sp³-hybridized carbons (Fsp3) is 0.0465. The van der Waals surface area contributed by atoms with Crippen LogP contribution in [0.3, 0.4) is 0 Å². The monoisotopic (exact) mass is 694 g/mol. The molecule has 0 aliphatic heterocycles. The summed E-state index contributed by atoms with van der Waals surface area (Å²) in [6.07, 6.45) is 6.79. The average Bonchev–Trinajstić information content (AvgIpc) is 3.71. The summed E-state index contributed by atoms with van der Waals surface area (Å²) in [6.45, 7) is 0. The number of furan rings is 1. The highest BCUT2D eigenvalue weighted by Gasteiger charge is 2.20. The Kier molecular flexibility index (Phi) is 6.39. The normalized spacial score (nSPS) is 12.8. The lowest BCUT2D eigenvalue weighted by molar-refractivity contribution is 0.669. The summed E-state index contributed by atoms with van der Waals surface area (Å²) >= 11 is 3.75. The van der Waals surface area contributed by atoms with E-state index in [1.165, 1.54) is 15.8 Å². The molecule has 5 nitrogen and oxygen atoms in total. The fourth-order valence-corrected chi connectivity index (χ4v) is 7.84. The van der Waals surface area contributed by atoms with Gasteiger partial charge in [0.25, 0.3) is 0 Å². The van der Waals surface area contributed by atoms with Crippen molar-refractivity contribution in [3.05, 3.63) is 142 Å². The van der Waals surface area contributed by atoms with E-state index < -0.39 is 0 Å². The molecule has 6 aromatic carbocycles. The van der Waals surface area contributed by atoms with E-state index in [-0.39, 0.29) is 0 Å². The Morgan fingerprint density at radius 1 is 0.531 bits per heavy atom. The zero-order chi connectivity index (χ0) is 32.5. The largest absolute Gasteiger partial charge is 0.456 e. The van der Waals surface area contributed by atoms with E-state index >= 15 is 0 Å². The van der Waals surface area contributed by atoms with Gasteiger partial charge in [0.15, 0.2) is 11.6 Å². The third-order valence-electron chi connectivity index (χ3n) is 9.55. The van der Waals surface area contributed by atoms with Crippen molar-refractivity contribution < 1.29 is 4.42 Å². The maximum absolute atomic E-state index is 6.19. The van der Waals surface area contributed by atoms with Crippen molar-refractivity contribution in [2.24, 2.45) is 0 Å². The summed E-state index contributed by atoms with van der Waals surface area (Å²) in [5.74, 6) is 1.87. The minimum atomic E-state index is 0.594. The van der Waals surface area contributed by atoms with Crippen molar-refractivity contribution in [2.75, 3.05) is 0 Å². The van der Waals surface area contributed by atoms with Crippen molar-refractivity contribution in [3.63, 3.8) is 0 Å². The summed E-state index contributed by atoms with van der Waals surface area (Å²) in [7, 11) is 0. The Hall–Kier alpha value is -5.85. The number of aromatic nitrogens is 4. The molecule has 232 valence electrons. The topological polar surface area (TPSA) is 56.7 Å². The van der Waals surface area contributed by atoms with E-state index in [2.05, 4.69) is 87.2 Å². The van der Waals surface area contributed by atoms with Gasteiger partial charge in [-0.3, -0.25) is 4.57 Å². The van der Waals surface area contributed by atoms with Crippen molar-refractivity contribution in [3.8, 4) is 39.9 Å². The first-order chi connectivity index (χ1) is 24.2. The van der Waals surface area contributed by atoms with Crippen molar-refractivity contribution >= 4 is 71.8 Å². The number of hydrogen-bond acceptors (Lipinski definition) is 4. The molecule has 0 bridgehead atoms. The van der Waals surface area contributed by atoms with Crippen LogP contribution >= 0.6 is 15.9 Å². The lowest BCUT2D eigenvalue weighted by Gasteiger charge is -2.11. The Labute approximate surface area is 289 Å². The molecule has 0 saturated heterocycles. The summed E-state index contributed by atoms with van der Waals surface area (Å²) < 4.78 is 9.43. The standard InChI is InChI=1S/C43H27BrN4O/c44-34-16-9-17-38-40(34)33-25-30(20-23-37(33)49-38)29-19-21-35-32(24-29)39-31-15-8-7-10-26(31)18-22-36(39)48(35)43-46-41(27-11-3-1-4-12-27)45-42(47-43)28-13-5-2-6-14-28/h1-6,9-25H,7-8H2. The average molecular weight is 696 g/mol. The van der Waals surface area contributed by atoms with Crippen LogP contribution in [0.15, 0.2) is 136 Å². The van der Waals surface area contributed by atoms with Gasteiger partial charge in [0.2, 0.25) is 5.95 Å². The maximum atomic E-state index is 6.19. The minimum absolute atomic E-state index is 0.594. The molecule has 0 amide bonds.